The number of nitrogen functional groups attached to an aromatic ring is 4. The van der Waals surface area contributed by atoms with Gasteiger partial charge in [-0.15, -0.1) is 0 Å². The van der Waals surface area contributed by atoms with Gasteiger partial charge in [-0.25, -0.2) is 0 Å². The summed E-state index contributed by atoms with van der Waals surface area (Å²) in [4.78, 5) is 0. The Morgan fingerprint density at radius 2 is 0.492 bits per heavy atom. The molecule has 0 amide bonds. The van der Waals surface area contributed by atoms with Gasteiger partial charge in [0.05, 0.1) is 0 Å². The van der Waals surface area contributed by atoms with Crippen molar-refractivity contribution in [2.75, 3.05) is 22.9 Å². The fourth-order valence-electron chi connectivity index (χ4n) is 5.52. The highest BCUT2D eigenvalue weighted by molar-refractivity contribution is 5.63. The number of hydrogen-bond donors (Lipinski definition) is 4. The molecule has 0 aliphatic heterocycles. The topological polar surface area (TPSA) is 150 Å². The molecule has 6 aromatic rings. The van der Waals surface area contributed by atoms with Crippen molar-refractivity contribution in [1.82, 2.24) is 0 Å². The summed E-state index contributed by atoms with van der Waals surface area (Å²) >= 11 is 0. The van der Waals surface area contributed by atoms with Gasteiger partial charge in [0.25, 0.3) is 0 Å². The van der Waals surface area contributed by atoms with E-state index in [4.69, 9.17) is 46.6 Å². The van der Waals surface area contributed by atoms with Gasteiger partial charge in [-0.05, 0) is 97.1 Å². The quantitative estimate of drug-likeness (QED) is 0.0779. The van der Waals surface area contributed by atoms with Crippen LogP contribution in [-0.4, -0.2) is 0 Å². The zero-order valence-corrected chi connectivity index (χ0v) is 30.3. The summed E-state index contributed by atoms with van der Waals surface area (Å²) in [5.74, 6) is -8.33. The number of nitrogens with two attached hydrogens (primary N) is 4. The predicted octanol–water partition coefficient (Wildman–Crippen LogP) is 13.1. The molecule has 0 bridgehead atoms. The van der Waals surface area contributed by atoms with E-state index < -0.39 is 104 Å². The molecule has 0 atom stereocenters. The molecule has 0 aliphatic carbocycles. The van der Waals surface area contributed by atoms with Crippen molar-refractivity contribution in [3.05, 3.63) is 131 Å². The lowest BCUT2D eigenvalue weighted by Crippen LogP contribution is -2.10. The van der Waals surface area contributed by atoms with Crippen LogP contribution in [0.15, 0.2) is 109 Å². The molecule has 0 heterocycles. The van der Waals surface area contributed by atoms with E-state index in [0.29, 0.717) is 24.3 Å². The maximum Gasteiger partial charge on any atom is 0.420 e. The number of benzene rings is 6. The van der Waals surface area contributed by atoms with Gasteiger partial charge in [0, 0.05) is 22.7 Å². The number of alkyl halides is 12. The standard InChI is InChI=1S/C40H26F12N4O5/c41-37(42,43)23-15-19(53)7-11-27(23)57-31-3-1-5-33(35(31)60-29-13-9-21(55)17-25(29)39(47,48)49)59-34-6-2-4-32(58-28-12-8-20(54)16-24(28)38(44,45)46)36(34)61-30-14-10-22(56)18-26(30)40(50,51)52/h1-18H,53-56H2. The van der Waals surface area contributed by atoms with Crippen LogP contribution in [0, 0.1) is 0 Å². The van der Waals surface area contributed by atoms with Crippen LogP contribution in [0.2, 0.25) is 0 Å². The Labute approximate surface area is 335 Å². The van der Waals surface area contributed by atoms with E-state index in [2.05, 4.69) is 0 Å². The van der Waals surface area contributed by atoms with Crippen molar-refractivity contribution >= 4 is 22.7 Å². The summed E-state index contributed by atoms with van der Waals surface area (Å²) in [6.07, 6.45) is -20.4. The number of halogens is 12. The molecule has 0 saturated heterocycles. The molecule has 0 aliphatic rings. The fraction of sp³-hybridized carbons (Fsp3) is 0.100. The molecule has 21 heteroatoms. The molecule has 0 saturated carbocycles. The van der Waals surface area contributed by atoms with Gasteiger partial charge in [-0.2, -0.15) is 52.7 Å². The molecule has 0 spiro atoms. The van der Waals surface area contributed by atoms with Crippen LogP contribution in [0.5, 0.6) is 57.5 Å². The third-order valence-corrected chi connectivity index (χ3v) is 8.21. The molecule has 6 aromatic carbocycles. The molecule has 0 radical (unpaired) electrons. The first-order valence-corrected chi connectivity index (χ1v) is 16.9. The Morgan fingerprint density at radius 1 is 0.279 bits per heavy atom. The monoisotopic (exact) mass is 870 g/mol. The first-order chi connectivity index (χ1) is 28.4. The van der Waals surface area contributed by atoms with E-state index in [0.717, 1.165) is 84.9 Å². The third kappa shape index (κ3) is 9.94. The Morgan fingerprint density at radius 3 is 0.721 bits per heavy atom. The summed E-state index contributed by atoms with van der Waals surface area (Å²) < 4.78 is 199. The lowest BCUT2D eigenvalue weighted by Gasteiger charge is -2.22. The van der Waals surface area contributed by atoms with E-state index in [1.54, 1.807) is 0 Å². The zero-order valence-electron chi connectivity index (χ0n) is 30.3. The van der Waals surface area contributed by atoms with Crippen LogP contribution < -0.4 is 46.6 Å². The lowest BCUT2D eigenvalue weighted by molar-refractivity contribution is -0.139. The van der Waals surface area contributed by atoms with E-state index >= 15 is 0 Å². The third-order valence-electron chi connectivity index (χ3n) is 8.21. The minimum absolute atomic E-state index is 0.337. The minimum Gasteiger partial charge on any atom is -0.453 e. The molecule has 0 unspecified atom stereocenters. The largest absolute Gasteiger partial charge is 0.453 e. The van der Waals surface area contributed by atoms with Gasteiger partial charge in [0.2, 0.25) is 11.5 Å². The van der Waals surface area contributed by atoms with Crippen LogP contribution in [0.25, 0.3) is 0 Å². The van der Waals surface area contributed by atoms with Crippen molar-refractivity contribution in [2.45, 2.75) is 24.7 Å². The second kappa shape index (κ2) is 16.0. The van der Waals surface area contributed by atoms with Crippen molar-refractivity contribution in [1.29, 1.82) is 0 Å². The van der Waals surface area contributed by atoms with Gasteiger partial charge >= 0.3 is 24.7 Å². The Balaban J connectivity index is 1.57. The summed E-state index contributed by atoms with van der Waals surface area (Å²) in [5.41, 5.74) is 15.1. The average molecular weight is 871 g/mol. The normalized spacial score (nSPS) is 12.2. The zero-order chi connectivity index (χ0) is 44.7. The number of anilines is 4. The van der Waals surface area contributed by atoms with Crippen molar-refractivity contribution in [2.24, 2.45) is 0 Å². The molecule has 0 aromatic heterocycles. The Kier molecular flexibility index (Phi) is 11.4. The molecule has 320 valence electrons. The smallest absolute Gasteiger partial charge is 0.420 e. The second-order valence-corrected chi connectivity index (χ2v) is 12.7. The summed E-state index contributed by atoms with van der Waals surface area (Å²) in [6, 6.07) is 15.4. The van der Waals surface area contributed by atoms with Gasteiger partial charge in [0.15, 0.2) is 23.0 Å². The van der Waals surface area contributed by atoms with E-state index in [-0.39, 0.29) is 22.7 Å². The number of hydrogen-bond acceptors (Lipinski definition) is 9. The molecule has 8 N–H and O–H groups in total. The van der Waals surface area contributed by atoms with Gasteiger partial charge < -0.3 is 46.6 Å². The summed E-state index contributed by atoms with van der Waals surface area (Å²) in [5, 5.41) is 0. The number of ether oxygens (including phenoxy) is 5. The van der Waals surface area contributed by atoms with Crippen LogP contribution in [0.3, 0.4) is 0 Å². The van der Waals surface area contributed by atoms with Gasteiger partial charge in [-0.1, -0.05) is 12.1 Å². The first kappa shape index (κ1) is 43.3. The first-order valence-electron chi connectivity index (χ1n) is 16.9. The van der Waals surface area contributed by atoms with Crippen LogP contribution in [0.1, 0.15) is 22.3 Å². The summed E-state index contributed by atoms with van der Waals surface area (Å²) in [6.45, 7) is 0. The van der Waals surface area contributed by atoms with Crippen molar-refractivity contribution in [3.8, 4) is 57.5 Å². The van der Waals surface area contributed by atoms with E-state index in [1.165, 1.54) is 0 Å². The van der Waals surface area contributed by atoms with Crippen LogP contribution in [-0.2, 0) is 24.7 Å². The van der Waals surface area contributed by atoms with E-state index in [9.17, 15) is 52.7 Å². The Hall–Kier alpha value is -7.32. The van der Waals surface area contributed by atoms with Crippen LogP contribution in [0.4, 0.5) is 75.4 Å². The van der Waals surface area contributed by atoms with Crippen molar-refractivity contribution in [3.63, 3.8) is 0 Å². The highest BCUT2D eigenvalue weighted by Gasteiger charge is 2.39. The van der Waals surface area contributed by atoms with Crippen molar-refractivity contribution < 1.29 is 76.4 Å². The molecule has 0 fully saturated rings. The second-order valence-electron chi connectivity index (χ2n) is 12.7. The minimum atomic E-state index is -5.14. The van der Waals surface area contributed by atoms with Gasteiger partial charge in [-0.3, -0.25) is 0 Å². The van der Waals surface area contributed by atoms with E-state index in [1.807, 2.05) is 0 Å². The molecular weight excluding hydrogens is 844 g/mol. The summed E-state index contributed by atoms with van der Waals surface area (Å²) in [7, 11) is 0. The average Bonchev–Trinajstić information content (AvgIpc) is 3.15. The predicted molar refractivity (Wildman–Crippen MR) is 197 cm³/mol. The fourth-order valence-corrected chi connectivity index (χ4v) is 5.52. The SMILES string of the molecule is Nc1ccc(Oc2cccc(Oc3cccc(Oc4ccc(N)cc4C(F)(F)F)c3Oc3ccc(N)cc3C(F)(F)F)c2Oc2ccc(N)cc2C(F)(F)F)c(C(F)(F)F)c1. The highest BCUT2D eigenvalue weighted by Crippen LogP contribution is 2.53. The Bertz CT molecular complexity index is 2420. The molecule has 6 rings (SSSR count). The molecular formula is C40H26F12N4O5. The van der Waals surface area contributed by atoms with Crippen LogP contribution >= 0.6 is 0 Å². The number of rotatable bonds is 10. The molecule has 61 heavy (non-hydrogen) atoms. The van der Waals surface area contributed by atoms with Gasteiger partial charge in [0.1, 0.15) is 45.3 Å². The maximum absolute atomic E-state index is 14.3. The highest BCUT2D eigenvalue weighted by atomic mass is 19.4. The lowest BCUT2D eigenvalue weighted by atomic mass is 10.1. The number of para-hydroxylation sites is 2. The molecule has 9 nitrogen and oxygen atoms in total. The maximum atomic E-state index is 14.3.